The smallest absolute Gasteiger partial charge is 0.0406 e. The fourth-order valence-corrected chi connectivity index (χ4v) is 2.49. The average molecular weight is 274 g/mol. The summed E-state index contributed by atoms with van der Waals surface area (Å²) >= 11 is 5.90. The second-order valence-corrected chi connectivity index (χ2v) is 5.69. The Labute approximate surface area is 120 Å². The molecule has 1 nitrogen and oxygen atoms in total. The van der Waals surface area contributed by atoms with Gasteiger partial charge in [-0.15, -0.1) is 0 Å². The summed E-state index contributed by atoms with van der Waals surface area (Å²) in [6, 6.07) is 15.0. The quantitative estimate of drug-likeness (QED) is 0.827. The summed E-state index contributed by atoms with van der Waals surface area (Å²) in [5.74, 6) is 0. The van der Waals surface area contributed by atoms with Gasteiger partial charge in [0.2, 0.25) is 0 Å². The number of hydrogen-bond donors (Lipinski definition) is 1. The Kier molecular flexibility index (Phi) is 4.49. The van der Waals surface area contributed by atoms with E-state index in [0.29, 0.717) is 6.04 Å². The zero-order valence-electron chi connectivity index (χ0n) is 11.7. The first-order valence-electron chi connectivity index (χ1n) is 6.62. The first kappa shape index (κ1) is 14.0. The van der Waals surface area contributed by atoms with Crippen molar-refractivity contribution in [1.82, 2.24) is 0 Å². The number of rotatable bonds is 4. The van der Waals surface area contributed by atoms with E-state index >= 15 is 0 Å². The molecule has 0 aromatic heterocycles. The van der Waals surface area contributed by atoms with E-state index in [1.54, 1.807) is 0 Å². The van der Waals surface area contributed by atoms with E-state index in [1.165, 1.54) is 22.4 Å². The van der Waals surface area contributed by atoms with Gasteiger partial charge >= 0.3 is 0 Å². The highest BCUT2D eigenvalue weighted by Crippen LogP contribution is 2.17. The molecule has 0 spiro atoms. The second-order valence-electron chi connectivity index (χ2n) is 5.25. The molecule has 1 unspecified atom stereocenters. The minimum Gasteiger partial charge on any atom is -0.382 e. The summed E-state index contributed by atoms with van der Waals surface area (Å²) < 4.78 is 0. The van der Waals surface area contributed by atoms with Crippen molar-refractivity contribution in [1.29, 1.82) is 0 Å². The number of aryl methyl sites for hydroxylation is 2. The zero-order chi connectivity index (χ0) is 13.8. The van der Waals surface area contributed by atoms with Crippen LogP contribution in [-0.2, 0) is 6.42 Å². The van der Waals surface area contributed by atoms with Gasteiger partial charge in [-0.3, -0.25) is 0 Å². The fraction of sp³-hybridized carbons (Fsp3) is 0.294. The maximum absolute atomic E-state index is 5.90. The van der Waals surface area contributed by atoms with Crippen LogP contribution in [0, 0.1) is 13.8 Å². The summed E-state index contributed by atoms with van der Waals surface area (Å²) in [7, 11) is 0. The van der Waals surface area contributed by atoms with Crippen LogP contribution >= 0.6 is 11.6 Å². The second kappa shape index (κ2) is 6.12. The number of nitrogens with one attached hydrogen (secondary N) is 1. The lowest BCUT2D eigenvalue weighted by Gasteiger charge is -2.16. The number of hydrogen-bond acceptors (Lipinski definition) is 1. The topological polar surface area (TPSA) is 12.0 Å². The van der Waals surface area contributed by atoms with Gasteiger partial charge in [-0.2, -0.15) is 0 Å². The lowest BCUT2D eigenvalue weighted by Crippen LogP contribution is -2.18. The fourth-order valence-electron chi connectivity index (χ4n) is 2.37. The van der Waals surface area contributed by atoms with Crippen LogP contribution < -0.4 is 5.32 Å². The first-order chi connectivity index (χ1) is 9.02. The molecule has 0 saturated carbocycles. The van der Waals surface area contributed by atoms with Gasteiger partial charge < -0.3 is 5.32 Å². The molecular formula is C17H20ClN. The minimum absolute atomic E-state index is 0.391. The van der Waals surface area contributed by atoms with Gasteiger partial charge in [0.05, 0.1) is 0 Å². The van der Waals surface area contributed by atoms with Gasteiger partial charge in [-0.05, 0) is 68.1 Å². The molecule has 2 aromatic carbocycles. The SMILES string of the molecule is Cc1cc(C)cc(NC(C)Cc2ccc(Cl)cc2)c1. The van der Waals surface area contributed by atoms with Crippen molar-refractivity contribution < 1.29 is 0 Å². The highest BCUT2D eigenvalue weighted by atomic mass is 35.5. The van der Waals surface area contributed by atoms with E-state index in [9.17, 15) is 0 Å². The van der Waals surface area contributed by atoms with Gasteiger partial charge in [0.1, 0.15) is 0 Å². The Morgan fingerprint density at radius 1 is 1.00 bits per heavy atom. The van der Waals surface area contributed by atoms with E-state index in [0.717, 1.165) is 11.4 Å². The van der Waals surface area contributed by atoms with Crippen LogP contribution in [0.1, 0.15) is 23.6 Å². The summed E-state index contributed by atoms with van der Waals surface area (Å²) in [4.78, 5) is 0. The van der Waals surface area contributed by atoms with Crippen LogP contribution in [0.4, 0.5) is 5.69 Å². The van der Waals surface area contributed by atoms with Gasteiger partial charge in [-0.25, -0.2) is 0 Å². The number of benzene rings is 2. The molecule has 2 heteroatoms. The van der Waals surface area contributed by atoms with Crippen LogP contribution in [0.15, 0.2) is 42.5 Å². The maximum atomic E-state index is 5.90. The molecule has 2 rings (SSSR count). The molecule has 0 aliphatic rings. The molecule has 0 fully saturated rings. The molecule has 2 aromatic rings. The van der Waals surface area contributed by atoms with Crippen LogP contribution in [-0.4, -0.2) is 6.04 Å². The highest BCUT2D eigenvalue weighted by Gasteiger charge is 2.04. The molecule has 0 amide bonds. The van der Waals surface area contributed by atoms with E-state index < -0.39 is 0 Å². The third-order valence-electron chi connectivity index (χ3n) is 3.09. The molecule has 100 valence electrons. The highest BCUT2D eigenvalue weighted by molar-refractivity contribution is 6.30. The van der Waals surface area contributed by atoms with Crippen molar-refractivity contribution in [3.05, 3.63) is 64.2 Å². The van der Waals surface area contributed by atoms with Gasteiger partial charge in [0, 0.05) is 16.8 Å². The Bertz CT molecular complexity index is 525. The molecule has 19 heavy (non-hydrogen) atoms. The molecule has 0 aliphatic carbocycles. The monoisotopic (exact) mass is 273 g/mol. The predicted molar refractivity (Wildman–Crippen MR) is 84.2 cm³/mol. The summed E-state index contributed by atoms with van der Waals surface area (Å²) in [6.07, 6.45) is 0.990. The molecule has 0 radical (unpaired) electrons. The lowest BCUT2D eigenvalue weighted by atomic mass is 10.1. The van der Waals surface area contributed by atoms with Crippen molar-refractivity contribution in [2.24, 2.45) is 0 Å². The lowest BCUT2D eigenvalue weighted by molar-refractivity contribution is 0.790. The van der Waals surface area contributed by atoms with Crippen LogP contribution in [0.3, 0.4) is 0 Å². The predicted octanol–water partition coefficient (Wildman–Crippen LogP) is 5.00. The maximum Gasteiger partial charge on any atom is 0.0406 e. The standard InChI is InChI=1S/C17H20ClN/c1-12-8-13(2)10-17(9-12)19-14(3)11-15-4-6-16(18)7-5-15/h4-10,14,19H,11H2,1-3H3. The van der Waals surface area contributed by atoms with E-state index in [2.05, 4.69) is 56.4 Å². The van der Waals surface area contributed by atoms with Gasteiger partial charge in [0.25, 0.3) is 0 Å². The Morgan fingerprint density at radius 2 is 1.58 bits per heavy atom. The van der Waals surface area contributed by atoms with Crippen molar-refractivity contribution in [3.63, 3.8) is 0 Å². The van der Waals surface area contributed by atoms with Crippen molar-refractivity contribution in [2.45, 2.75) is 33.2 Å². The van der Waals surface area contributed by atoms with E-state index in [-0.39, 0.29) is 0 Å². The summed E-state index contributed by atoms with van der Waals surface area (Å²) in [6.45, 7) is 6.45. The van der Waals surface area contributed by atoms with Crippen LogP contribution in [0.25, 0.3) is 0 Å². The molecular weight excluding hydrogens is 254 g/mol. The minimum atomic E-state index is 0.391. The molecule has 1 N–H and O–H groups in total. The molecule has 0 aliphatic heterocycles. The largest absolute Gasteiger partial charge is 0.382 e. The van der Waals surface area contributed by atoms with Crippen molar-refractivity contribution in [3.8, 4) is 0 Å². The first-order valence-corrected chi connectivity index (χ1v) is 7.00. The number of halogens is 1. The average Bonchev–Trinajstić information content (AvgIpc) is 2.30. The van der Waals surface area contributed by atoms with Crippen molar-refractivity contribution in [2.75, 3.05) is 5.32 Å². The van der Waals surface area contributed by atoms with Gasteiger partial charge in [-0.1, -0.05) is 29.8 Å². The van der Waals surface area contributed by atoms with Gasteiger partial charge in [0.15, 0.2) is 0 Å². The van der Waals surface area contributed by atoms with Crippen molar-refractivity contribution >= 4 is 17.3 Å². The van der Waals surface area contributed by atoms with E-state index in [1.807, 2.05) is 12.1 Å². The molecule has 0 bridgehead atoms. The Balaban J connectivity index is 2.00. The van der Waals surface area contributed by atoms with E-state index in [4.69, 9.17) is 11.6 Å². The number of anilines is 1. The normalized spacial score (nSPS) is 12.2. The zero-order valence-corrected chi connectivity index (χ0v) is 12.5. The Morgan fingerprint density at radius 3 is 2.16 bits per heavy atom. The van der Waals surface area contributed by atoms with Crippen LogP contribution in [0.5, 0.6) is 0 Å². The van der Waals surface area contributed by atoms with Crippen LogP contribution in [0.2, 0.25) is 5.02 Å². The summed E-state index contributed by atoms with van der Waals surface area (Å²) in [5, 5.41) is 4.34. The third-order valence-corrected chi connectivity index (χ3v) is 3.34. The third kappa shape index (κ3) is 4.29. The Hall–Kier alpha value is -1.47. The summed E-state index contributed by atoms with van der Waals surface area (Å²) in [5.41, 5.74) is 5.08. The molecule has 0 heterocycles. The molecule has 0 saturated heterocycles. The molecule has 1 atom stereocenters.